The van der Waals surface area contributed by atoms with E-state index < -0.39 is 16.4 Å². The van der Waals surface area contributed by atoms with Gasteiger partial charge in [0.2, 0.25) is 0 Å². The summed E-state index contributed by atoms with van der Waals surface area (Å²) in [6, 6.07) is 7.83. The van der Waals surface area contributed by atoms with Crippen LogP contribution in [0.15, 0.2) is 28.6 Å². The van der Waals surface area contributed by atoms with Gasteiger partial charge in [0, 0.05) is 18.8 Å². The number of benzene rings is 1. The van der Waals surface area contributed by atoms with Crippen molar-refractivity contribution >= 4 is 38.4 Å². The summed E-state index contributed by atoms with van der Waals surface area (Å²) < 4.78 is 19.7. The number of hydrogen-bond donors (Lipinski definition) is 0. The first-order valence-electron chi connectivity index (χ1n) is 8.04. The third-order valence-electron chi connectivity index (χ3n) is 3.79. The van der Waals surface area contributed by atoms with Gasteiger partial charge in [0.15, 0.2) is 4.34 Å². The van der Waals surface area contributed by atoms with Crippen LogP contribution in [0.4, 0.5) is 4.79 Å². The lowest BCUT2D eigenvalue weighted by molar-refractivity contribution is 0.0289. The van der Waals surface area contributed by atoms with Gasteiger partial charge >= 0.3 is 6.09 Å². The first kappa shape index (κ1) is 17.4. The lowest BCUT2D eigenvalue weighted by Gasteiger charge is -2.24. The average molecular weight is 367 g/mol. The van der Waals surface area contributed by atoms with E-state index in [4.69, 9.17) is 4.74 Å². The number of hydrogen-bond acceptors (Lipinski definition) is 5. The van der Waals surface area contributed by atoms with Crippen LogP contribution in [-0.4, -0.2) is 44.6 Å². The number of likely N-dealkylation sites (tertiary alicyclic amines) is 1. The number of carbonyl (C=O) groups is 1. The minimum Gasteiger partial charge on any atom is -0.444 e. The highest BCUT2D eigenvalue weighted by Crippen LogP contribution is 2.27. The molecule has 1 amide bonds. The maximum Gasteiger partial charge on any atom is 0.410 e. The molecule has 24 heavy (non-hydrogen) atoms. The van der Waals surface area contributed by atoms with Gasteiger partial charge in [-0.3, -0.25) is 4.21 Å². The van der Waals surface area contributed by atoms with Crippen molar-refractivity contribution < 1.29 is 13.7 Å². The van der Waals surface area contributed by atoms with Gasteiger partial charge in [0.05, 0.1) is 21.0 Å². The quantitative estimate of drug-likeness (QED) is 0.832. The van der Waals surface area contributed by atoms with Crippen LogP contribution in [0.25, 0.3) is 10.2 Å². The number of carbonyl (C=O) groups excluding carboxylic acids is 1. The van der Waals surface area contributed by atoms with Crippen molar-refractivity contribution in [3.63, 3.8) is 0 Å². The van der Waals surface area contributed by atoms with E-state index in [1.807, 2.05) is 45.0 Å². The molecule has 0 bridgehead atoms. The van der Waals surface area contributed by atoms with E-state index >= 15 is 0 Å². The Morgan fingerprint density at radius 2 is 2.17 bits per heavy atom. The second-order valence-corrected chi connectivity index (χ2v) is 9.74. The molecule has 1 aliphatic rings. The fourth-order valence-electron chi connectivity index (χ4n) is 2.69. The molecule has 0 saturated carbocycles. The normalized spacial score (nSPS) is 19.6. The summed E-state index contributed by atoms with van der Waals surface area (Å²) in [5.74, 6) is 0.768. The highest BCUT2D eigenvalue weighted by molar-refractivity contribution is 7.87. The van der Waals surface area contributed by atoms with Crippen LogP contribution in [0.3, 0.4) is 0 Å². The molecule has 1 fully saturated rings. The van der Waals surface area contributed by atoms with Gasteiger partial charge in [0.1, 0.15) is 5.60 Å². The molecule has 5 nitrogen and oxygen atoms in total. The SMILES string of the molecule is CC(C)(C)OC(=O)N1CCC(CS(=O)c2nc3ccccc3s2)C1. The van der Waals surface area contributed by atoms with Crippen molar-refractivity contribution in [1.82, 2.24) is 9.88 Å². The fourth-order valence-corrected chi connectivity index (χ4v) is 5.28. The van der Waals surface area contributed by atoms with E-state index in [0.29, 0.717) is 23.2 Å². The Labute approximate surface area is 148 Å². The number of thiazole rings is 1. The number of fused-ring (bicyclic) bond motifs is 1. The fraction of sp³-hybridized carbons (Fsp3) is 0.529. The molecule has 0 radical (unpaired) electrons. The maximum atomic E-state index is 12.6. The Hall–Kier alpha value is -1.47. The van der Waals surface area contributed by atoms with Gasteiger partial charge in [-0.25, -0.2) is 9.78 Å². The first-order valence-corrected chi connectivity index (χ1v) is 10.2. The molecular formula is C17H22N2O3S2. The van der Waals surface area contributed by atoms with E-state index in [-0.39, 0.29) is 12.0 Å². The van der Waals surface area contributed by atoms with Crippen molar-refractivity contribution in [3.8, 4) is 0 Å². The molecule has 2 aromatic rings. The van der Waals surface area contributed by atoms with E-state index in [1.165, 1.54) is 11.3 Å². The van der Waals surface area contributed by atoms with Crippen molar-refractivity contribution in [2.75, 3.05) is 18.8 Å². The van der Waals surface area contributed by atoms with E-state index in [2.05, 4.69) is 4.98 Å². The van der Waals surface area contributed by atoms with Gasteiger partial charge in [-0.1, -0.05) is 12.1 Å². The van der Waals surface area contributed by atoms with Gasteiger partial charge in [0.25, 0.3) is 0 Å². The Bertz CT molecular complexity index is 734. The molecule has 0 spiro atoms. The van der Waals surface area contributed by atoms with Gasteiger partial charge in [-0.2, -0.15) is 0 Å². The zero-order valence-corrected chi connectivity index (χ0v) is 15.8. The molecule has 1 saturated heterocycles. The Morgan fingerprint density at radius 3 is 2.88 bits per heavy atom. The summed E-state index contributed by atoms with van der Waals surface area (Å²) in [6.45, 7) is 6.85. The predicted octanol–water partition coefficient (Wildman–Crippen LogP) is 3.66. The molecule has 130 valence electrons. The number of nitrogens with zero attached hydrogens (tertiary/aromatic N) is 2. The molecule has 2 heterocycles. The molecule has 0 aliphatic carbocycles. The summed E-state index contributed by atoms with van der Waals surface area (Å²) >= 11 is 1.49. The standard InChI is InChI=1S/C17H22N2O3S2/c1-17(2,3)22-16(20)19-9-8-12(10-19)11-24(21)15-18-13-6-4-5-7-14(13)23-15/h4-7,12H,8-11H2,1-3H3. The Balaban J connectivity index is 1.59. The largest absolute Gasteiger partial charge is 0.444 e. The number of para-hydroxylation sites is 1. The molecule has 2 atom stereocenters. The number of aromatic nitrogens is 1. The van der Waals surface area contributed by atoms with Crippen LogP contribution < -0.4 is 0 Å². The second-order valence-electron chi connectivity index (χ2n) is 7.04. The van der Waals surface area contributed by atoms with E-state index in [9.17, 15) is 9.00 Å². The van der Waals surface area contributed by atoms with Crippen molar-refractivity contribution in [3.05, 3.63) is 24.3 Å². The topological polar surface area (TPSA) is 59.5 Å². The lowest BCUT2D eigenvalue weighted by Crippen LogP contribution is -2.35. The Morgan fingerprint density at radius 1 is 1.42 bits per heavy atom. The monoisotopic (exact) mass is 366 g/mol. The van der Waals surface area contributed by atoms with Crippen LogP contribution >= 0.6 is 11.3 Å². The smallest absolute Gasteiger partial charge is 0.410 e. The molecule has 1 aliphatic heterocycles. The van der Waals surface area contributed by atoms with E-state index in [1.54, 1.807) is 4.90 Å². The molecular weight excluding hydrogens is 344 g/mol. The molecule has 2 unspecified atom stereocenters. The van der Waals surface area contributed by atoms with E-state index in [0.717, 1.165) is 16.6 Å². The summed E-state index contributed by atoms with van der Waals surface area (Å²) in [6.07, 6.45) is 0.575. The third kappa shape index (κ3) is 4.13. The zero-order valence-electron chi connectivity index (χ0n) is 14.2. The second kappa shape index (κ2) is 6.80. The molecule has 3 rings (SSSR count). The highest BCUT2D eigenvalue weighted by atomic mass is 32.2. The minimum absolute atomic E-state index is 0.227. The van der Waals surface area contributed by atoms with Crippen molar-refractivity contribution in [1.29, 1.82) is 0 Å². The van der Waals surface area contributed by atoms with Crippen LogP contribution in [0, 0.1) is 5.92 Å². The maximum absolute atomic E-state index is 12.6. The number of rotatable bonds is 3. The van der Waals surface area contributed by atoms with Gasteiger partial charge < -0.3 is 9.64 Å². The summed E-state index contributed by atoms with van der Waals surface area (Å²) in [5, 5.41) is 0. The average Bonchev–Trinajstić information content (AvgIpc) is 3.11. The van der Waals surface area contributed by atoms with Crippen LogP contribution in [-0.2, 0) is 15.5 Å². The minimum atomic E-state index is -1.12. The lowest BCUT2D eigenvalue weighted by atomic mass is 10.2. The van der Waals surface area contributed by atoms with Crippen LogP contribution in [0.1, 0.15) is 27.2 Å². The molecule has 1 aromatic carbocycles. The highest BCUT2D eigenvalue weighted by Gasteiger charge is 2.31. The van der Waals surface area contributed by atoms with Gasteiger partial charge in [-0.05, 0) is 45.2 Å². The molecule has 1 aromatic heterocycles. The number of ether oxygens (including phenoxy) is 1. The van der Waals surface area contributed by atoms with Crippen molar-refractivity contribution in [2.45, 2.75) is 37.1 Å². The summed E-state index contributed by atoms with van der Waals surface area (Å²) in [5.41, 5.74) is 0.409. The van der Waals surface area contributed by atoms with Crippen molar-refractivity contribution in [2.24, 2.45) is 5.92 Å². The molecule has 0 N–H and O–H groups in total. The summed E-state index contributed by atoms with van der Waals surface area (Å²) in [4.78, 5) is 18.3. The van der Waals surface area contributed by atoms with Gasteiger partial charge in [-0.15, -0.1) is 11.3 Å². The van der Waals surface area contributed by atoms with Crippen LogP contribution in [0.2, 0.25) is 0 Å². The number of amides is 1. The predicted molar refractivity (Wildman–Crippen MR) is 96.8 cm³/mol. The van der Waals surface area contributed by atoms with Crippen LogP contribution in [0.5, 0.6) is 0 Å². The third-order valence-corrected chi connectivity index (χ3v) is 6.69. The zero-order chi connectivity index (χ0) is 17.3. The summed E-state index contributed by atoms with van der Waals surface area (Å²) in [7, 11) is -1.12. The Kier molecular flexibility index (Phi) is 4.92. The molecule has 7 heteroatoms. The first-order chi connectivity index (χ1) is 11.3.